The lowest BCUT2D eigenvalue weighted by atomic mass is 9.94. The van der Waals surface area contributed by atoms with E-state index >= 15 is 0 Å². The van der Waals surface area contributed by atoms with Crippen molar-refractivity contribution in [3.63, 3.8) is 0 Å². The summed E-state index contributed by atoms with van der Waals surface area (Å²) in [6, 6.07) is 0. The third-order valence-corrected chi connectivity index (χ3v) is 2.32. The highest BCUT2D eigenvalue weighted by atomic mass is 16.7. The van der Waals surface area contributed by atoms with Gasteiger partial charge in [-0.05, 0) is 13.8 Å². The molecule has 0 spiro atoms. The molecule has 1 aliphatic heterocycles. The number of hydrogen-bond acceptors (Lipinski definition) is 4. The minimum atomic E-state index is -0.478. The summed E-state index contributed by atoms with van der Waals surface area (Å²) >= 11 is 0. The molecule has 0 aromatic carbocycles. The summed E-state index contributed by atoms with van der Waals surface area (Å²) in [4.78, 5) is 22.3. The van der Waals surface area contributed by atoms with Crippen LogP contribution in [0.25, 0.3) is 0 Å². The van der Waals surface area contributed by atoms with Crippen molar-refractivity contribution < 1.29 is 19.1 Å². The molecule has 1 heterocycles. The van der Waals surface area contributed by atoms with Gasteiger partial charge in [-0.2, -0.15) is 0 Å². The second-order valence-corrected chi connectivity index (χ2v) is 3.48. The minimum absolute atomic E-state index is 0.0278. The molecule has 0 amide bonds. The van der Waals surface area contributed by atoms with Crippen molar-refractivity contribution >= 4 is 11.8 Å². The Morgan fingerprint density at radius 1 is 1.43 bits per heavy atom. The van der Waals surface area contributed by atoms with Crippen molar-refractivity contribution in [1.29, 1.82) is 0 Å². The number of allylic oxidation sites excluding steroid dienone is 1. The fourth-order valence-electron chi connectivity index (χ4n) is 1.25. The van der Waals surface area contributed by atoms with Crippen LogP contribution in [-0.4, -0.2) is 17.9 Å². The highest BCUT2D eigenvalue weighted by Gasteiger charge is 2.32. The van der Waals surface area contributed by atoms with Crippen LogP contribution in [0.2, 0.25) is 0 Å². The van der Waals surface area contributed by atoms with Crippen LogP contribution in [0.3, 0.4) is 0 Å². The Labute approximate surface area is 82.9 Å². The summed E-state index contributed by atoms with van der Waals surface area (Å²) in [6.07, 6.45) is -0.249. The van der Waals surface area contributed by atoms with Crippen molar-refractivity contribution in [1.82, 2.24) is 0 Å². The molecule has 0 aliphatic carbocycles. The molecule has 4 nitrogen and oxygen atoms in total. The Kier molecular flexibility index (Phi) is 2.93. The van der Waals surface area contributed by atoms with Crippen molar-refractivity contribution in [2.45, 2.75) is 33.8 Å². The summed E-state index contributed by atoms with van der Waals surface area (Å²) in [5, 5.41) is 0. The Morgan fingerprint density at radius 2 is 2.00 bits per heavy atom. The fourth-order valence-corrected chi connectivity index (χ4v) is 1.25. The maximum absolute atomic E-state index is 11.6. The number of hydrogen-bond donors (Lipinski definition) is 0. The first-order valence-electron chi connectivity index (χ1n) is 4.53. The predicted molar refractivity (Wildman–Crippen MR) is 49.2 cm³/mol. The van der Waals surface area contributed by atoms with Crippen LogP contribution in [-0.2, 0) is 19.1 Å². The molecule has 0 saturated heterocycles. The number of ether oxygens (including phenoxy) is 2. The predicted octanol–water partition coefficient (Wildman–Crippen LogP) is 1.40. The zero-order valence-electron chi connectivity index (χ0n) is 8.79. The molecule has 0 saturated carbocycles. The van der Waals surface area contributed by atoms with Crippen molar-refractivity contribution in [2.75, 3.05) is 0 Å². The lowest BCUT2D eigenvalue weighted by molar-refractivity contribution is -0.148. The molecule has 0 aromatic rings. The van der Waals surface area contributed by atoms with E-state index in [2.05, 4.69) is 0 Å². The fraction of sp³-hybridized carbons (Fsp3) is 0.600. The Morgan fingerprint density at radius 3 is 2.50 bits per heavy atom. The molecule has 4 heteroatoms. The monoisotopic (exact) mass is 198 g/mol. The number of Topliss-reactive ketones (excluding diaryl/α,β-unsaturated/α-hetero) is 1. The van der Waals surface area contributed by atoms with Gasteiger partial charge in [0.25, 0.3) is 5.95 Å². The molecule has 1 aliphatic rings. The van der Waals surface area contributed by atoms with E-state index in [0.717, 1.165) is 0 Å². The zero-order valence-corrected chi connectivity index (χ0v) is 8.79. The standard InChI is InChI=1S/C10H14O4/c1-5-7(3)13-10(14-8(4)11)6(2)9(5)12/h5,7H,1-4H3. The van der Waals surface area contributed by atoms with Crippen LogP contribution in [0, 0.1) is 5.92 Å². The van der Waals surface area contributed by atoms with E-state index in [0.29, 0.717) is 5.57 Å². The molecular weight excluding hydrogens is 184 g/mol. The van der Waals surface area contributed by atoms with Crippen molar-refractivity contribution in [3.05, 3.63) is 11.5 Å². The van der Waals surface area contributed by atoms with Crippen LogP contribution in [0.5, 0.6) is 0 Å². The smallest absolute Gasteiger partial charge is 0.310 e. The topological polar surface area (TPSA) is 52.6 Å². The molecule has 0 N–H and O–H groups in total. The van der Waals surface area contributed by atoms with Gasteiger partial charge in [-0.25, -0.2) is 0 Å². The highest BCUT2D eigenvalue weighted by molar-refractivity contribution is 5.97. The minimum Gasteiger partial charge on any atom is -0.461 e. The van der Waals surface area contributed by atoms with Gasteiger partial charge in [-0.1, -0.05) is 6.92 Å². The summed E-state index contributed by atoms with van der Waals surface area (Å²) in [5.74, 6) is -0.642. The van der Waals surface area contributed by atoms with Crippen molar-refractivity contribution in [3.8, 4) is 0 Å². The molecule has 0 aromatic heterocycles. The first-order chi connectivity index (χ1) is 6.43. The van der Waals surface area contributed by atoms with Crippen LogP contribution in [0.4, 0.5) is 0 Å². The second kappa shape index (κ2) is 3.82. The van der Waals surface area contributed by atoms with E-state index in [4.69, 9.17) is 9.47 Å². The number of ketones is 1. The molecular formula is C10H14O4. The molecule has 14 heavy (non-hydrogen) atoms. The van der Waals surface area contributed by atoms with E-state index < -0.39 is 5.97 Å². The third-order valence-electron chi connectivity index (χ3n) is 2.32. The Bertz CT molecular complexity index is 303. The lowest BCUT2D eigenvalue weighted by Crippen LogP contribution is -2.33. The van der Waals surface area contributed by atoms with Gasteiger partial charge in [0.2, 0.25) is 0 Å². The maximum Gasteiger partial charge on any atom is 0.310 e. The molecule has 1 rings (SSSR count). The SMILES string of the molecule is CC(=O)OC1=C(C)C(=O)C(C)C(C)O1. The lowest BCUT2D eigenvalue weighted by Gasteiger charge is -2.27. The first-order valence-corrected chi connectivity index (χ1v) is 4.53. The summed E-state index contributed by atoms with van der Waals surface area (Å²) in [6.45, 7) is 6.44. The molecule has 78 valence electrons. The number of rotatable bonds is 1. The molecule has 0 fully saturated rings. The second-order valence-electron chi connectivity index (χ2n) is 3.48. The normalized spacial score (nSPS) is 27.3. The van der Waals surface area contributed by atoms with E-state index in [9.17, 15) is 9.59 Å². The van der Waals surface area contributed by atoms with Gasteiger partial charge >= 0.3 is 5.97 Å². The van der Waals surface area contributed by atoms with Crippen LogP contribution < -0.4 is 0 Å². The maximum atomic E-state index is 11.6. The average Bonchev–Trinajstić information content (AvgIpc) is 2.10. The van der Waals surface area contributed by atoms with Gasteiger partial charge in [0.15, 0.2) is 5.78 Å². The van der Waals surface area contributed by atoms with Gasteiger partial charge in [0, 0.05) is 6.92 Å². The first kappa shape index (κ1) is 10.8. The van der Waals surface area contributed by atoms with E-state index in [-0.39, 0.29) is 23.8 Å². The highest BCUT2D eigenvalue weighted by Crippen LogP contribution is 2.25. The third kappa shape index (κ3) is 1.95. The van der Waals surface area contributed by atoms with E-state index in [1.807, 2.05) is 0 Å². The number of carbonyl (C=O) groups excluding carboxylic acids is 2. The van der Waals surface area contributed by atoms with E-state index in [1.54, 1.807) is 20.8 Å². The summed E-state index contributed by atoms with van der Waals surface area (Å²) in [5.41, 5.74) is 0.380. The summed E-state index contributed by atoms with van der Waals surface area (Å²) < 4.78 is 10.1. The molecule has 0 radical (unpaired) electrons. The van der Waals surface area contributed by atoms with Gasteiger partial charge in [0.05, 0.1) is 11.5 Å². The zero-order chi connectivity index (χ0) is 10.9. The number of esters is 1. The van der Waals surface area contributed by atoms with Crippen molar-refractivity contribution in [2.24, 2.45) is 5.92 Å². The van der Waals surface area contributed by atoms with Gasteiger partial charge in [-0.3, -0.25) is 9.59 Å². The Balaban J connectivity index is 2.93. The molecule has 2 unspecified atom stereocenters. The van der Waals surface area contributed by atoms with Gasteiger partial charge in [0.1, 0.15) is 6.10 Å². The quantitative estimate of drug-likeness (QED) is 0.598. The Hall–Kier alpha value is -1.32. The van der Waals surface area contributed by atoms with Gasteiger partial charge < -0.3 is 9.47 Å². The largest absolute Gasteiger partial charge is 0.461 e. The molecule has 0 bridgehead atoms. The average molecular weight is 198 g/mol. The van der Waals surface area contributed by atoms with Crippen LogP contribution in [0.15, 0.2) is 11.5 Å². The van der Waals surface area contributed by atoms with Gasteiger partial charge in [-0.15, -0.1) is 0 Å². The summed E-state index contributed by atoms with van der Waals surface area (Å²) in [7, 11) is 0. The van der Waals surface area contributed by atoms with Crippen LogP contribution >= 0.6 is 0 Å². The number of carbonyl (C=O) groups is 2. The van der Waals surface area contributed by atoms with E-state index in [1.165, 1.54) is 6.92 Å². The van der Waals surface area contributed by atoms with Crippen LogP contribution in [0.1, 0.15) is 27.7 Å². The molecule has 2 atom stereocenters.